The standard InChI is InChI=1S/C16H14O4/c1-10(16(19)20)11-6-2-3-7-12(11)15(18)13-8-4-5-9-14(13)17/h2-10,17H,1H3,(H,19,20)/t10-/m1/s1. The van der Waals surface area contributed by atoms with Gasteiger partial charge in [-0.15, -0.1) is 0 Å². The van der Waals surface area contributed by atoms with Crippen LogP contribution in [0.4, 0.5) is 0 Å². The summed E-state index contributed by atoms with van der Waals surface area (Å²) in [7, 11) is 0. The molecule has 0 saturated heterocycles. The van der Waals surface area contributed by atoms with Gasteiger partial charge in [0.2, 0.25) is 0 Å². The average Bonchev–Trinajstić information content (AvgIpc) is 2.46. The van der Waals surface area contributed by atoms with Gasteiger partial charge in [0.1, 0.15) is 5.75 Å². The lowest BCUT2D eigenvalue weighted by molar-refractivity contribution is -0.138. The third kappa shape index (κ3) is 2.54. The molecule has 0 heterocycles. The van der Waals surface area contributed by atoms with Crippen molar-refractivity contribution in [1.82, 2.24) is 0 Å². The number of hydrogen-bond donors (Lipinski definition) is 2. The molecule has 0 fully saturated rings. The molecule has 102 valence electrons. The molecule has 0 unspecified atom stereocenters. The Bertz CT molecular complexity index is 661. The van der Waals surface area contributed by atoms with Crippen molar-refractivity contribution in [2.24, 2.45) is 0 Å². The van der Waals surface area contributed by atoms with Crippen LogP contribution in [0.1, 0.15) is 34.3 Å². The molecule has 4 nitrogen and oxygen atoms in total. The zero-order valence-electron chi connectivity index (χ0n) is 10.9. The number of rotatable bonds is 4. The first-order valence-corrected chi connectivity index (χ1v) is 6.16. The first-order valence-electron chi connectivity index (χ1n) is 6.16. The van der Waals surface area contributed by atoms with Crippen LogP contribution in [-0.2, 0) is 4.79 Å². The molecule has 0 bridgehead atoms. The summed E-state index contributed by atoms with van der Waals surface area (Å²) in [6.07, 6.45) is 0. The Morgan fingerprint density at radius 2 is 1.50 bits per heavy atom. The third-order valence-corrected chi connectivity index (χ3v) is 3.19. The number of aromatic hydroxyl groups is 1. The fraction of sp³-hybridized carbons (Fsp3) is 0.125. The lowest BCUT2D eigenvalue weighted by Gasteiger charge is -2.12. The van der Waals surface area contributed by atoms with Gasteiger partial charge >= 0.3 is 5.97 Å². The first-order chi connectivity index (χ1) is 9.52. The topological polar surface area (TPSA) is 74.6 Å². The highest BCUT2D eigenvalue weighted by Crippen LogP contribution is 2.26. The van der Waals surface area contributed by atoms with Gasteiger partial charge in [0, 0.05) is 5.56 Å². The summed E-state index contributed by atoms with van der Waals surface area (Å²) in [6, 6.07) is 12.8. The summed E-state index contributed by atoms with van der Waals surface area (Å²) in [6.45, 7) is 1.53. The SMILES string of the molecule is C[C@@H](C(=O)O)c1ccccc1C(=O)c1ccccc1O. The summed E-state index contributed by atoms with van der Waals surface area (Å²) >= 11 is 0. The van der Waals surface area contributed by atoms with Crippen molar-refractivity contribution in [1.29, 1.82) is 0 Å². The predicted molar refractivity (Wildman–Crippen MR) is 74.0 cm³/mol. The summed E-state index contributed by atoms with van der Waals surface area (Å²) in [4.78, 5) is 23.6. The van der Waals surface area contributed by atoms with E-state index in [2.05, 4.69) is 0 Å². The minimum atomic E-state index is -0.998. The van der Waals surface area contributed by atoms with Crippen LogP contribution in [0, 0.1) is 0 Å². The van der Waals surface area contributed by atoms with E-state index in [0.717, 1.165) is 0 Å². The molecular weight excluding hydrogens is 256 g/mol. The molecule has 2 rings (SSSR count). The minimum Gasteiger partial charge on any atom is -0.507 e. The number of carbonyl (C=O) groups excluding carboxylic acids is 1. The molecule has 0 aliphatic heterocycles. The highest BCUT2D eigenvalue weighted by molar-refractivity contribution is 6.12. The maximum Gasteiger partial charge on any atom is 0.310 e. The van der Waals surface area contributed by atoms with Gasteiger partial charge in [-0.2, -0.15) is 0 Å². The number of benzene rings is 2. The van der Waals surface area contributed by atoms with E-state index in [-0.39, 0.29) is 17.1 Å². The minimum absolute atomic E-state index is 0.115. The molecule has 0 amide bonds. The molecule has 2 N–H and O–H groups in total. The van der Waals surface area contributed by atoms with E-state index in [1.165, 1.54) is 19.1 Å². The molecule has 1 atom stereocenters. The molecule has 0 radical (unpaired) electrons. The second-order valence-corrected chi connectivity index (χ2v) is 4.49. The zero-order chi connectivity index (χ0) is 14.7. The van der Waals surface area contributed by atoms with Crippen molar-refractivity contribution in [2.45, 2.75) is 12.8 Å². The molecule has 0 spiro atoms. The number of ketones is 1. The van der Waals surface area contributed by atoms with Crippen molar-refractivity contribution in [3.05, 3.63) is 65.2 Å². The summed E-state index contributed by atoms with van der Waals surface area (Å²) in [5.41, 5.74) is 0.898. The Morgan fingerprint density at radius 3 is 2.10 bits per heavy atom. The fourth-order valence-corrected chi connectivity index (χ4v) is 2.03. The zero-order valence-corrected chi connectivity index (χ0v) is 10.9. The second kappa shape index (κ2) is 5.57. The molecule has 4 heteroatoms. The highest BCUT2D eigenvalue weighted by atomic mass is 16.4. The summed E-state index contributed by atoms with van der Waals surface area (Å²) in [5, 5.41) is 18.8. The number of aliphatic carboxylic acids is 1. The normalized spacial score (nSPS) is 11.8. The van der Waals surface area contributed by atoms with Gasteiger partial charge in [-0.1, -0.05) is 36.4 Å². The Kier molecular flexibility index (Phi) is 3.84. The molecule has 20 heavy (non-hydrogen) atoms. The fourth-order valence-electron chi connectivity index (χ4n) is 2.03. The Morgan fingerprint density at radius 1 is 0.950 bits per heavy atom. The number of phenols is 1. The quantitative estimate of drug-likeness (QED) is 0.838. The number of hydrogen-bond acceptors (Lipinski definition) is 3. The molecule has 2 aromatic carbocycles. The van der Waals surface area contributed by atoms with Gasteiger partial charge in [-0.05, 0) is 24.6 Å². The number of phenolic OH excluding ortho intramolecular Hbond substituents is 1. The Hall–Kier alpha value is -2.62. The third-order valence-electron chi connectivity index (χ3n) is 3.19. The Balaban J connectivity index is 2.51. The van der Waals surface area contributed by atoms with E-state index < -0.39 is 11.9 Å². The number of para-hydroxylation sites is 1. The van der Waals surface area contributed by atoms with E-state index in [1.54, 1.807) is 36.4 Å². The molecule has 0 saturated carbocycles. The van der Waals surface area contributed by atoms with Crippen LogP contribution in [0.25, 0.3) is 0 Å². The molecule has 0 aliphatic carbocycles. The number of carbonyl (C=O) groups is 2. The van der Waals surface area contributed by atoms with E-state index in [1.807, 2.05) is 0 Å². The van der Waals surface area contributed by atoms with E-state index in [0.29, 0.717) is 11.1 Å². The number of carboxylic acids is 1. The van der Waals surface area contributed by atoms with Crippen molar-refractivity contribution in [3.63, 3.8) is 0 Å². The van der Waals surface area contributed by atoms with Crippen molar-refractivity contribution >= 4 is 11.8 Å². The summed E-state index contributed by atoms with van der Waals surface area (Å²) < 4.78 is 0. The monoisotopic (exact) mass is 270 g/mol. The van der Waals surface area contributed by atoms with Crippen LogP contribution in [-0.4, -0.2) is 22.0 Å². The van der Waals surface area contributed by atoms with Gasteiger partial charge in [0.15, 0.2) is 5.78 Å². The van der Waals surface area contributed by atoms with Crippen LogP contribution in [0.3, 0.4) is 0 Å². The highest BCUT2D eigenvalue weighted by Gasteiger charge is 2.22. The van der Waals surface area contributed by atoms with Crippen LogP contribution >= 0.6 is 0 Å². The van der Waals surface area contributed by atoms with Crippen LogP contribution < -0.4 is 0 Å². The Labute approximate surface area is 116 Å². The van der Waals surface area contributed by atoms with E-state index in [9.17, 15) is 14.7 Å². The molecule has 0 aliphatic rings. The maximum absolute atomic E-state index is 12.5. The summed E-state index contributed by atoms with van der Waals surface area (Å²) in [5.74, 6) is -2.29. The van der Waals surface area contributed by atoms with Gasteiger partial charge in [-0.25, -0.2) is 0 Å². The van der Waals surface area contributed by atoms with Gasteiger partial charge in [0.25, 0.3) is 0 Å². The predicted octanol–water partition coefficient (Wildman–Crippen LogP) is 2.81. The van der Waals surface area contributed by atoms with Gasteiger partial charge in [0.05, 0.1) is 11.5 Å². The molecule has 2 aromatic rings. The number of carboxylic acid groups (broad SMARTS) is 1. The first kappa shape index (κ1) is 13.8. The van der Waals surface area contributed by atoms with Crippen molar-refractivity contribution in [3.8, 4) is 5.75 Å². The average molecular weight is 270 g/mol. The van der Waals surface area contributed by atoms with Gasteiger partial charge in [-0.3, -0.25) is 9.59 Å². The molecular formula is C16H14O4. The van der Waals surface area contributed by atoms with Crippen LogP contribution in [0.15, 0.2) is 48.5 Å². The van der Waals surface area contributed by atoms with E-state index >= 15 is 0 Å². The van der Waals surface area contributed by atoms with Crippen LogP contribution in [0.2, 0.25) is 0 Å². The van der Waals surface area contributed by atoms with Gasteiger partial charge < -0.3 is 10.2 Å². The maximum atomic E-state index is 12.5. The van der Waals surface area contributed by atoms with Crippen molar-refractivity contribution in [2.75, 3.05) is 0 Å². The molecule has 0 aromatic heterocycles. The largest absolute Gasteiger partial charge is 0.507 e. The lowest BCUT2D eigenvalue weighted by atomic mass is 9.91. The van der Waals surface area contributed by atoms with E-state index in [4.69, 9.17) is 5.11 Å². The van der Waals surface area contributed by atoms with Crippen molar-refractivity contribution < 1.29 is 19.8 Å². The second-order valence-electron chi connectivity index (χ2n) is 4.49. The lowest BCUT2D eigenvalue weighted by Crippen LogP contribution is -2.13. The smallest absolute Gasteiger partial charge is 0.310 e. The van der Waals surface area contributed by atoms with Crippen LogP contribution in [0.5, 0.6) is 5.75 Å².